The van der Waals surface area contributed by atoms with Crippen molar-refractivity contribution in [3.8, 4) is 0 Å². The van der Waals surface area contributed by atoms with Crippen molar-refractivity contribution in [1.29, 1.82) is 0 Å². The summed E-state index contributed by atoms with van der Waals surface area (Å²) in [5.74, 6) is 0.257. The zero-order chi connectivity index (χ0) is 15.1. The average molecular weight is 293 g/mol. The Morgan fingerprint density at radius 2 is 2.19 bits per heavy atom. The third-order valence-corrected chi connectivity index (χ3v) is 3.39. The summed E-state index contributed by atoms with van der Waals surface area (Å²) >= 11 is 0. The van der Waals surface area contributed by atoms with Gasteiger partial charge in [-0.15, -0.1) is 0 Å². The minimum absolute atomic E-state index is 0.0992. The van der Waals surface area contributed by atoms with Crippen LogP contribution in [0.2, 0.25) is 0 Å². The summed E-state index contributed by atoms with van der Waals surface area (Å²) in [4.78, 5) is 22.1. The number of carbonyl (C=O) groups excluding carboxylic acids is 1. The molecule has 0 saturated carbocycles. The predicted octanol–water partition coefficient (Wildman–Crippen LogP) is 0.279. The largest absolute Gasteiger partial charge is 0.463 e. The zero-order valence-corrected chi connectivity index (χ0v) is 12.7. The predicted molar refractivity (Wildman–Crippen MR) is 80.5 cm³/mol. The molecule has 7 heteroatoms. The van der Waals surface area contributed by atoms with Gasteiger partial charge in [-0.25, -0.2) is 14.8 Å². The lowest BCUT2D eigenvalue weighted by molar-refractivity contribution is 0.0586. The van der Waals surface area contributed by atoms with E-state index in [1.807, 2.05) is 13.0 Å². The molecule has 0 atom stereocenters. The average Bonchev–Trinajstić information content (AvgIpc) is 2.51. The molecule has 2 rings (SSSR count). The number of aromatic nitrogens is 2. The van der Waals surface area contributed by atoms with Crippen LogP contribution in [0, 0.1) is 6.92 Å². The van der Waals surface area contributed by atoms with Crippen LogP contribution in [0.3, 0.4) is 0 Å². The molecule has 0 unspecified atom stereocenters. The first-order valence-corrected chi connectivity index (χ1v) is 7.30. The highest BCUT2D eigenvalue weighted by atomic mass is 16.5. The first-order valence-electron chi connectivity index (χ1n) is 7.30. The third-order valence-electron chi connectivity index (χ3n) is 3.39. The molecule has 0 radical (unpaired) electrons. The van der Waals surface area contributed by atoms with Gasteiger partial charge in [0.25, 0.3) is 0 Å². The fourth-order valence-electron chi connectivity index (χ4n) is 2.30. The van der Waals surface area contributed by atoms with Crippen molar-refractivity contribution >= 4 is 11.8 Å². The lowest BCUT2D eigenvalue weighted by atomic mass is 10.3. The SMILES string of the molecule is COC(=O)c1nc(C)cc(NCCCN2CCNCC2)n1. The Balaban J connectivity index is 1.79. The maximum Gasteiger partial charge on any atom is 0.376 e. The molecule has 0 bridgehead atoms. The summed E-state index contributed by atoms with van der Waals surface area (Å²) in [5, 5.41) is 6.58. The monoisotopic (exact) mass is 293 g/mol. The number of nitrogens with zero attached hydrogens (tertiary/aromatic N) is 3. The Morgan fingerprint density at radius 3 is 2.90 bits per heavy atom. The highest BCUT2D eigenvalue weighted by molar-refractivity contribution is 5.85. The van der Waals surface area contributed by atoms with Crippen molar-refractivity contribution in [2.24, 2.45) is 0 Å². The van der Waals surface area contributed by atoms with E-state index in [4.69, 9.17) is 0 Å². The second kappa shape index (κ2) is 7.90. The summed E-state index contributed by atoms with van der Waals surface area (Å²) in [6.07, 6.45) is 1.04. The smallest absolute Gasteiger partial charge is 0.376 e. The van der Waals surface area contributed by atoms with E-state index in [1.54, 1.807) is 0 Å². The fourth-order valence-corrected chi connectivity index (χ4v) is 2.30. The number of hydrogen-bond acceptors (Lipinski definition) is 7. The third kappa shape index (κ3) is 4.95. The van der Waals surface area contributed by atoms with Crippen LogP contribution in [-0.2, 0) is 4.74 Å². The lowest BCUT2D eigenvalue weighted by Crippen LogP contribution is -2.44. The summed E-state index contributed by atoms with van der Waals surface area (Å²) < 4.78 is 4.65. The highest BCUT2D eigenvalue weighted by Gasteiger charge is 2.12. The fraction of sp³-hybridized carbons (Fsp3) is 0.643. The Bertz CT molecular complexity index is 474. The Labute approximate surface area is 125 Å². The molecule has 0 amide bonds. The van der Waals surface area contributed by atoms with Gasteiger partial charge in [0.1, 0.15) is 5.82 Å². The van der Waals surface area contributed by atoms with Crippen molar-refractivity contribution in [3.05, 3.63) is 17.6 Å². The van der Waals surface area contributed by atoms with Gasteiger partial charge in [-0.05, 0) is 19.9 Å². The minimum Gasteiger partial charge on any atom is -0.463 e. The van der Waals surface area contributed by atoms with Crippen LogP contribution in [-0.4, -0.2) is 67.2 Å². The Morgan fingerprint density at radius 1 is 1.43 bits per heavy atom. The number of hydrogen-bond donors (Lipinski definition) is 2. The van der Waals surface area contributed by atoms with E-state index < -0.39 is 5.97 Å². The molecular weight excluding hydrogens is 270 g/mol. The van der Waals surface area contributed by atoms with Crippen LogP contribution in [0.5, 0.6) is 0 Å². The Hall–Kier alpha value is -1.73. The van der Waals surface area contributed by atoms with Gasteiger partial charge in [0, 0.05) is 44.5 Å². The van der Waals surface area contributed by atoms with Gasteiger partial charge in [0.15, 0.2) is 0 Å². The van der Waals surface area contributed by atoms with Gasteiger partial charge in [-0.2, -0.15) is 0 Å². The molecule has 1 aliphatic rings. The first-order chi connectivity index (χ1) is 10.2. The molecule has 0 aromatic carbocycles. The number of esters is 1. The van der Waals surface area contributed by atoms with Crippen LogP contribution >= 0.6 is 0 Å². The van der Waals surface area contributed by atoms with E-state index >= 15 is 0 Å². The minimum atomic E-state index is -0.512. The number of rotatable bonds is 6. The maximum atomic E-state index is 11.5. The molecule has 2 heterocycles. The van der Waals surface area contributed by atoms with Crippen molar-refractivity contribution in [3.63, 3.8) is 0 Å². The number of methoxy groups -OCH3 is 1. The topological polar surface area (TPSA) is 79.4 Å². The molecule has 1 saturated heterocycles. The van der Waals surface area contributed by atoms with Gasteiger partial charge in [-0.3, -0.25) is 0 Å². The molecule has 21 heavy (non-hydrogen) atoms. The second-order valence-electron chi connectivity index (χ2n) is 5.08. The van der Waals surface area contributed by atoms with Gasteiger partial charge in [-0.1, -0.05) is 0 Å². The molecular formula is C14H23N5O2. The standard InChI is InChI=1S/C14H23N5O2/c1-11-10-12(18-13(17-11)14(20)21-2)16-4-3-7-19-8-5-15-6-9-19/h10,15H,3-9H2,1-2H3,(H,16,17,18). The number of ether oxygens (including phenoxy) is 1. The molecule has 0 aliphatic carbocycles. The van der Waals surface area contributed by atoms with Gasteiger partial charge >= 0.3 is 5.97 Å². The summed E-state index contributed by atoms with van der Waals surface area (Å²) in [6.45, 7) is 8.09. The Kier molecular flexibility index (Phi) is 5.89. The number of piperazine rings is 1. The van der Waals surface area contributed by atoms with E-state index in [0.717, 1.165) is 51.4 Å². The normalized spacial score (nSPS) is 15.7. The number of aryl methyl sites for hydroxylation is 1. The molecule has 1 fully saturated rings. The van der Waals surface area contributed by atoms with Crippen LogP contribution in [0.4, 0.5) is 5.82 Å². The van der Waals surface area contributed by atoms with E-state index in [0.29, 0.717) is 5.82 Å². The molecule has 1 aliphatic heterocycles. The highest BCUT2D eigenvalue weighted by Crippen LogP contribution is 2.07. The molecule has 7 nitrogen and oxygen atoms in total. The van der Waals surface area contributed by atoms with Crippen LogP contribution < -0.4 is 10.6 Å². The molecule has 0 spiro atoms. The van der Waals surface area contributed by atoms with Crippen LogP contribution in [0.25, 0.3) is 0 Å². The first kappa shape index (κ1) is 15.7. The molecule has 1 aromatic heterocycles. The van der Waals surface area contributed by atoms with Crippen molar-refractivity contribution < 1.29 is 9.53 Å². The summed E-state index contributed by atoms with van der Waals surface area (Å²) in [6, 6.07) is 1.83. The lowest BCUT2D eigenvalue weighted by Gasteiger charge is -2.27. The number of nitrogens with one attached hydrogen (secondary N) is 2. The van der Waals surface area contributed by atoms with Crippen molar-refractivity contribution in [2.75, 3.05) is 51.7 Å². The van der Waals surface area contributed by atoms with Gasteiger partial charge < -0.3 is 20.3 Å². The quantitative estimate of drug-likeness (QED) is 0.576. The van der Waals surface area contributed by atoms with E-state index in [1.165, 1.54) is 7.11 Å². The second-order valence-corrected chi connectivity index (χ2v) is 5.08. The molecule has 2 N–H and O–H groups in total. The van der Waals surface area contributed by atoms with Gasteiger partial charge in [0.05, 0.1) is 7.11 Å². The number of carbonyl (C=O) groups is 1. The van der Waals surface area contributed by atoms with Gasteiger partial charge in [0.2, 0.25) is 5.82 Å². The number of anilines is 1. The summed E-state index contributed by atoms with van der Waals surface area (Å²) in [7, 11) is 1.33. The van der Waals surface area contributed by atoms with Crippen molar-refractivity contribution in [1.82, 2.24) is 20.2 Å². The molecule has 116 valence electrons. The molecule has 1 aromatic rings. The maximum absolute atomic E-state index is 11.5. The van der Waals surface area contributed by atoms with Crippen LogP contribution in [0.1, 0.15) is 22.7 Å². The van der Waals surface area contributed by atoms with E-state index in [9.17, 15) is 4.79 Å². The zero-order valence-electron chi connectivity index (χ0n) is 12.7. The van der Waals surface area contributed by atoms with Crippen molar-refractivity contribution in [2.45, 2.75) is 13.3 Å². The van der Waals surface area contributed by atoms with E-state index in [-0.39, 0.29) is 5.82 Å². The summed E-state index contributed by atoms with van der Waals surface area (Å²) in [5.41, 5.74) is 0.745. The van der Waals surface area contributed by atoms with Crippen LogP contribution in [0.15, 0.2) is 6.07 Å². The van der Waals surface area contributed by atoms with E-state index in [2.05, 4.69) is 30.2 Å².